The van der Waals surface area contributed by atoms with Gasteiger partial charge < -0.3 is 16.0 Å². The molecule has 0 aliphatic rings. The number of ketones is 2. The third-order valence-corrected chi connectivity index (χ3v) is 3.65. The minimum Gasteiger partial charge on any atom is -0.326 e. The van der Waals surface area contributed by atoms with Crippen LogP contribution in [0.4, 0.5) is 17.1 Å². The van der Waals surface area contributed by atoms with Crippen molar-refractivity contribution in [3.8, 4) is 0 Å². The lowest BCUT2D eigenvalue weighted by Crippen LogP contribution is -2.16. The second-order valence-corrected chi connectivity index (χ2v) is 6.47. The fourth-order valence-electron chi connectivity index (χ4n) is 2.45. The van der Waals surface area contributed by atoms with E-state index < -0.39 is 11.8 Å². The van der Waals surface area contributed by atoms with E-state index >= 15 is 0 Å². The number of rotatable bonds is 8. The van der Waals surface area contributed by atoms with Gasteiger partial charge in [0.1, 0.15) is 11.6 Å². The fourth-order valence-corrected chi connectivity index (χ4v) is 2.45. The summed E-state index contributed by atoms with van der Waals surface area (Å²) in [5, 5.41) is 7.87. The molecule has 3 N–H and O–H groups in total. The molecular formula is C21H21N3O5. The van der Waals surface area contributed by atoms with Crippen LogP contribution in [0.25, 0.3) is 0 Å². The molecule has 0 radical (unpaired) electrons. The number of benzene rings is 2. The number of nitrogens with one attached hydrogen (secondary N) is 3. The molecule has 0 aromatic heterocycles. The lowest BCUT2D eigenvalue weighted by Gasteiger charge is -2.09. The fraction of sp³-hybridized carbons (Fsp3) is 0.190. The number of anilines is 3. The molecule has 0 saturated carbocycles. The van der Waals surface area contributed by atoms with Crippen LogP contribution in [0.3, 0.4) is 0 Å². The molecule has 0 heterocycles. The zero-order valence-electron chi connectivity index (χ0n) is 16.1. The van der Waals surface area contributed by atoms with Crippen LogP contribution in [0.15, 0.2) is 48.5 Å². The predicted molar refractivity (Wildman–Crippen MR) is 109 cm³/mol. The van der Waals surface area contributed by atoms with E-state index in [0.717, 1.165) is 0 Å². The van der Waals surface area contributed by atoms with Crippen molar-refractivity contribution in [2.24, 2.45) is 0 Å². The first-order valence-electron chi connectivity index (χ1n) is 8.83. The van der Waals surface area contributed by atoms with Gasteiger partial charge in [-0.1, -0.05) is 6.07 Å². The van der Waals surface area contributed by atoms with Crippen molar-refractivity contribution in [3.63, 3.8) is 0 Å². The molecule has 8 nitrogen and oxygen atoms in total. The average molecular weight is 395 g/mol. The Kier molecular flexibility index (Phi) is 7.36. The molecule has 0 aliphatic carbocycles. The summed E-state index contributed by atoms with van der Waals surface area (Å²) in [6.45, 7) is 2.66. The van der Waals surface area contributed by atoms with Gasteiger partial charge in [0, 0.05) is 22.6 Å². The molecule has 2 aromatic rings. The summed E-state index contributed by atoms with van der Waals surface area (Å²) in [6.07, 6.45) is -0.423. The lowest BCUT2D eigenvalue weighted by molar-refractivity contribution is -0.125. The normalized spacial score (nSPS) is 10.0. The molecule has 0 unspecified atom stereocenters. The number of carbonyl (C=O) groups excluding carboxylic acids is 5. The zero-order valence-corrected chi connectivity index (χ0v) is 16.1. The van der Waals surface area contributed by atoms with Crippen LogP contribution in [0.2, 0.25) is 0 Å². The van der Waals surface area contributed by atoms with Gasteiger partial charge in [-0.15, -0.1) is 0 Å². The largest absolute Gasteiger partial charge is 0.326 e. The van der Waals surface area contributed by atoms with Gasteiger partial charge >= 0.3 is 0 Å². The van der Waals surface area contributed by atoms with Crippen molar-refractivity contribution in [2.75, 3.05) is 16.0 Å². The molecule has 2 aromatic carbocycles. The maximum absolute atomic E-state index is 12.4. The van der Waals surface area contributed by atoms with E-state index in [4.69, 9.17) is 0 Å². The van der Waals surface area contributed by atoms with Crippen LogP contribution in [-0.4, -0.2) is 29.3 Å². The zero-order chi connectivity index (χ0) is 21.4. The van der Waals surface area contributed by atoms with Crippen molar-refractivity contribution in [2.45, 2.75) is 26.7 Å². The highest BCUT2D eigenvalue weighted by molar-refractivity contribution is 6.07. The Labute approximate surface area is 167 Å². The molecule has 0 saturated heterocycles. The van der Waals surface area contributed by atoms with Crippen LogP contribution in [0.1, 0.15) is 37.0 Å². The van der Waals surface area contributed by atoms with E-state index in [2.05, 4.69) is 16.0 Å². The van der Waals surface area contributed by atoms with Gasteiger partial charge in [-0.3, -0.25) is 24.0 Å². The highest BCUT2D eigenvalue weighted by Gasteiger charge is 2.10. The highest BCUT2D eigenvalue weighted by Crippen LogP contribution is 2.17. The Hall–Kier alpha value is -3.81. The lowest BCUT2D eigenvalue weighted by atomic mass is 10.1. The first-order chi connectivity index (χ1) is 13.7. The molecule has 150 valence electrons. The van der Waals surface area contributed by atoms with Gasteiger partial charge in [0.2, 0.25) is 11.8 Å². The molecule has 3 amide bonds. The number of hydrogen-bond donors (Lipinski definition) is 3. The van der Waals surface area contributed by atoms with Crippen molar-refractivity contribution in [1.29, 1.82) is 0 Å². The monoisotopic (exact) mass is 395 g/mol. The predicted octanol–water partition coefficient (Wildman–Crippen LogP) is 2.77. The van der Waals surface area contributed by atoms with E-state index in [0.29, 0.717) is 22.6 Å². The summed E-state index contributed by atoms with van der Waals surface area (Å²) in [4.78, 5) is 57.6. The summed E-state index contributed by atoms with van der Waals surface area (Å²) in [5.74, 6) is -1.70. The van der Waals surface area contributed by atoms with Crippen LogP contribution in [0.5, 0.6) is 0 Å². The van der Waals surface area contributed by atoms with E-state index in [1.807, 2.05) is 0 Å². The Morgan fingerprint density at radius 1 is 0.655 bits per heavy atom. The molecule has 0 bridgehead atoms. The highest BCUT2D eigenvalue weighted by atomic mass is 16.2. The van der Waals surface area contributed by atoms with Gasteiger partial charge in [0.25, 0.3) is 5.91 Å². The molecule has 0 spiro atoms. The van der Waals surface area contributed by atoms with Gasteiger partial charge in [-0.2, -0.15) is 0 Å². The summed E-state index contributed by atoms with van der Waals surface area (Å²) in [5.41, 5.74) is 1.76. The van der Waals surface area contributed by atoms with E-state index in [-0.39, 0.29) is 30.3 Å². The van der Waals surface area contributed by atoms with Gasteiger partial charge in [0.05, 0.1) is 12.8 Å². The summed E-state index contributed by atoms with van der Waals surface area (Å²) < 4.78 is 0. The van der Waals surface area contributed by atoms with Crippen molar-refractivity contribution < 1.29 is 24.0 Å². The minimum absolute atomic E-state index is 0.207. The molecule has 0 aliphatic heterocycles. The number of amides is 3. The van der Waals surface area contributed by atoms with Gasteiger partial charge in [-0.25, -0.2) is 0 Å². The summed E-state index contributed by atoms with van der Waals surface area (Å²) in [7, 11) is 0. The van der Waals surface area contributed by atoms with Crippen LogP contribution >= 0.6 is 0 Å². The SMILES string of the molecule is CC(=O)CC(=O)Nc1ccc(C(=O)Nc2cccc(NC(=O)CC(C)=O)c2)cc1. The van der Waals surface area contributed by atoms with Crippen LogP contribution in [-0.2, 0) is 19.2 Å². The van der Waals surface area contributed by atoms with Crippen molar-refractivity contribution in [3.05, 3.63) is 54.1 Å². The Balaban J connectivity index is 1.98. The second kappa shape index (κ2) is 9.93. The van der Waals surface area contributed by atoms with Crippen LogP contribution < -0.4 is 16.0 Å². The Morgan fingerprint density at radius 2 is 1.14 bits per heavy atom. The van der Waals surface area contributed by atoms with Gasteiger partial charge in [-0.05, 0) is 56.3 Å². The average Bonchev–Trinajstić information content (AvgIpc) is 2.61. The first-order valence-corrected chi connectivity index (χ1v) is 8.83. The third kappa shape index (κ3) is 7.37. The minimum atomic E-state index is -0.427. The smallest absolute Gasteiger partial charge is 0.255 e. The first kappa shape index (κ1) is 21.5. The standard InChI is InChI=1S/C21H21N3O5/c1-13(25)10-19(27)22-16-8-6-15(7-9-16)21(29)24-18-5-3-4-17(12-18)23-20(28)11-14(2)26/h3-9,12H,10-11H2,1-2H3,(H,22,27)(H,23,28)(H,24,29). The maximum Gasteiger partial charge on any atom is 0.255 e. The molecule has 0 atom stereocenters. The van der Waals surface area contributed by atoms with Crippen molar-refractivity contribution >= 4 is 46.4 Å². The number of hydrogen-bond acceptors (Lipinski definition) is 5. The van der Waals surface area contributed by atoms with E-state index in [1.54, 1.807) is 36.4 Å². The second-order valence-electron chi connectivity index (χ2n) is 6.47. The molecular weight excluding hydrogens is 374 g/mol. The maximum atomic E-state index is 12.4. The Bertz CT molecular complexity index is 951. The molecule has 0 fully saturated rings. The van der Waals surface area contributed by atoms with Crippen molar-refractivity contribution in [1.82, 2.24) is 0 Å². The summed E-state index contributed by atoms with van der Waals surface area (Å²) >= 11 is 0. The molecule has 2 rings (SSSR count). The number of carbonyl (C=O) groups is 5. The van der Waals surface area contributed by atoms with E-state index in [1.165, 1.54) is 26.0 Å². The number of Topliss-reactive ketones (excluding diaryl/α,β-unsaturated/α-hetero) is 2. The molecule has 8 heteroatoms. The summed E-state index contributed by atoms with van der Waals surface area (Å²) in [6, 6.07) is 12.7. The topological polar surface area (TPSA) is 121 Å². The van der Waals surface area contributed by atoms with Gasteiger partial charge in [0.15, 0.2) is 0 Å². The third-order valence-electron chi connectivity index (χ3n) is 3.65. The van der Waals surface area contributed by atoms with E-state index in [9.17, 15) is 24.0 Å². The quantitative estimate of drug-likeness (QED) is 0.594. The molecule has 29 heavy (non-hydrogen) atoms. The van der Waals surface area contributed by atoms with Crippen LogP contribution in [0, 0.1) is 0 Å². The Morgan fingerprint density at radius 3 is 1.66 bits per heavy atom.